The summed E-state index contributed by atoms with van der Waals surface area (Å²) in [5.74, 6) is -0.0489. The summed E-state index contributed by atoms with van der Waals surface area (Å²) in [6.07, 6.45) is 1.43. The fourth-order valence-corrected chi connectivity index (χ4v) is 5.06. The summed E-state index contributed by atoms with van der Waals surface area (Å²) in [5.41, 5.74) is 6.05. The highest BCUT2D eigenvalue weighted by Crippen LogP contribution is 2.39. The lowest BCUT2D eigenvalue weighted by molar-refractivity contribution is 0.0734. The van der Waals surface area contributed by atoms with Gasteiger partial charge in [-0.05, 0) is 47.9 Å². The Morgan fingerprint density at radius 1 is 0.833 bits per heavy atom. The molecule has 0 aliphatic heterocycles. The fourth-order valence-electron chi connectivity index (χ4n) is 4.83. The first-order chi connectivity index (χ1) is 20.5. The maximum absolute atomic E-state index is 13.6. The first-order valence-corrected chi connectivity index (χ1v) is 13.5. The number of aromatic amines is 1. The lowest BCUT2D eigenvalue weighted by Gasteiger charge is -2.08. The molecule has 0 radical (unpaired) electrons. The molecule has 5 aromatic carbocycles. The Balaban J connectivity index is 1.30. The minimum Gasteiger partial charge on any atom is -0.497 e. The van der Waals surface area contributed by atoms with E-state index in [4.69, 9.17) is 21.1 Å². The van der Waals surface area contributed by atoms with Crippen molar-refractivity contribution >= 4 is 51.4 Å². The second-order valence-electron chi connectivity index (χ2n) is 9.42. The summed E-state index contributed by atoms with van der Waals surface area (Å²) in [5, 5.41) is 7.61. The monoisotopic (exact) mass is 573 g/mol. The van der Waals surface area contributed by atoms with E-state index in [1.54, 1.807) is 61.7 Å². The maximum atomic E-state index is 13.6. The number of para-hydroxylation sites is 1. The zero-order valence-corrected chi connectivity index (χ0v) is 23.2. The van der Waals surface area contributed by atoms with Gasteiger partial charge in [0.2, 0.25) is 0 Å². The third-order valence-electron chi connectivity index (χ3n) is 6.89. The number of nitrogens with zero attached hydrogens (tertiary/aromatic N) is 1. The van der Waals surface area contributed by atoms with Gasteiger partial charge in [0.15, 0.2) is 0 Å². The van der Waals surface area contributed by atoms with Gasteiger partial charge in [-0.1, -0.05) is 78.3 Å². The van der Waals surface area contributed by atoms with Crippen molar-refractivity contribution in [3.8, 4) is 22.6 Å². The molecule has 0 bridgehead atoms. The third-order valence-corrected chi connectivity index (χ3v) is 7.22. The summed E-state index contributed by atoms with van der Waals surface area (Å²) in [6, 6.07) is 32.9. The number of hydrogen-bond acceptors (Lipinski definition) is 5. The van der Waals surface area contributed by atoms with Gasteiger partial charge in [0.1, 0.15) is 17.2 Å². The Bertz CT molecular complexity index is 1980. The molecule has 0 saturated carbocycles. The van der Waals surface area contributed by atoms with Crippen LogP contribution in [0, 0.1) is 0 Å². The average Bonchev–Trinajstić information content (AvgIpc) is 3.42. The van der Waals surface area contributed by atoms with Crippen molar-refractivity contribution in [2.24, 2.45) is 5.10 Å². The van der Waals surface area contributed by atoms with E-state index in [0.717, 1.165) is 27.2 Å². The number of rotatable bonds is 7. The van der Waals surface area contributed by atoms with Crippen molar-refractivity contribution in [1.82, 2.24) is 10.4 Å². The number of carbonyl (C=O) groups is 2. The number of methoxy groups -OCH3 is 1. The molecule has 0 fully saturated rings. The molecule has 2 N–H and O–H groups in total. The Hall–Kier alpha value is -5.40. The molecule has 206 valence electrons. The van der Waals surface area contributed by atoms with E-state index in [9.17, 15) is 9.59 Å². The fraction of sp³-hybridized carbons (Fsp3) is 0.0294. The highest BCUT2D eigenvalue weighted by molar-refractivity contribution is 6.34. The van der Waals surface area contributed by atoms with Gasteiger partial charge in [-0.15, -0.1) is 0 Å². The number of halogens is 1. The van der Waals surface area contributed by atoms with Crippen LogP contribution in [0.4, 0.5) is 0 Å². The Morgan fingerprint density at radius 3 is 2.38 bits per heavy atom. The van der Waals surface area contributed by atoms with Crippen LogP contribution in [0.15, 0.2) is 114 Å². The SMILES string of the molecule is COc1ccc(C(=O)Oc2ccccc2C=NNC(=O)c2[nH]c3c(ccc4ccccc43)c2-c2ccccc2Cl)cc1. The van der Waals surface area contributed by atoms with Crippen LogP contribution in [0.3, 0.4) is 0 Å². The van der Waals surface area contributed by atoms with Gasteiger partial charge >= 0.3 is 5.97 Å². The van der Waals surface area contributed by atoms with Gasteiger partial charge in [0.25, 0.3) is 5.91 Å². The van der Waals surface area contributed by atoms with Crippen LogP contribution in [-0.4, -0.2) is 30.2 Å². The average molecular weight is 574 g/mol. The molecule has 0 spiro atoms. The van der Waals surface area contributed by atoms with E-state index in [1.165, 1.54) is 6.21 Å². The normalized spacial score (nSPS) is 11.2. The Morgan fingerprint density at radius 2 is 1.57 bits per heavy atom. The molecule has 6 aromatic rings. The minimum atomic E-state index is -0.530. The highest BCUT2D eigenvalue weighted by atomic mass is 35.5. The van der Waals surface area contributed by atoms with Gasteiger partial charge in [0.05, 0.1) is 24.4 Å². The first kappa shape index (κ1) is 26.8. The molecule has 0 saturated heterocycles. The van der Waals surface area contributed by atoms with Crippen molar-refractivity contribution < 1.29 is 19.1 Å². The first-order valence-electron chi connectivity index (χ1n) is 13.1. The second-order valence-corrected chi connectivity index (χ2v) is 9.83. The summed E-state index contributed by atoms with van der Waals surface area (Å²) < 4.78 is 10.8. The Labute approximate surface area is 246 Å². The lowest BCUT2D eigenvalue weighted by atomic mass is 9.99. The van der Waals surface area contributed by atoms with Crippen molar-refractivity contribution in [3.63, 3.8) is 0 Å². The van der Waals surface area contributed by atoms with Gasteiger partial charge < -0.3 is 14.5 Å². The quantitative estimate of drug-likeness (QED) is 0.0888. The van der Waals surface area contributed by atoms with E-state index in [-0.39, 0.29) is 0 Å². The molecule has 42 heavy (non-hydrogen) atoms. The number of aromatic nitrogens is 1. The summed E-state index contributed by atoms with van der Waals surface area (Å²) in [7, 11) is 1.55. The van der Waals surface area contributed by atoms with Gasteiger partial charge in [0, 0.05) is 32.5 Å². The van der Waals surface area contributed by atoms with Crippen LogP contribution in [0.25, 0.3) is 32.8 Å². The van der Waals surface area contributed by atoms with Gasteiger partial charge in [-0.2, -0.15) is 5.10 Å². The van der Waals surface area contributed by atoms with E-state index >= 15 is 0 Å². The standard InChI is InChI=1S/C34H24ClN3O4/c1-41-24-17-14-22(15-18-24)34(40)42-29-13-7-3-9-23(29)20-36-38-33(39)32-30(26-11-5-6-12-28(26)35)27-19-16-21-8-2-4-10-25(21)31(27)37-32/h2-20,37H,1H3,(H,38,39). The summed E-state index contributed by atoms with van der Waals surface area (Å²) in [4.78, 5) is 29.6. The number of amides is 1. The van der Waals surface area contributed by atoms with Crippen molar-refractivity contribution in [3.05, 3.63) is 131 Å². The number of hydrogen-bond donors (Lipinski definition) is 2. The number of ether oxygens (including phenoxy) is 2. The molecule has 1 heterocycles. The maximum Gasteiger partial charge on any atom is 0.343 e. The van der Waals surface area contributed by atoms with E-state index in [2.05, 4.69) is 15.5 Å². The van der Waals surface area contributed by atoms with Crippen LogP contribution in [0.1, 0.15) is 26.4 Å². The predicted molar refractivity (Wildman–Crippen MR) is 166 cm³/mol. The molecule has 8 heteroatoms. The number of fused-ring (bicyclic) bond motifs is 3. The zero-order chi connectivity index (χ0) is 29.1. The third kappa shape index (κ3) is 5.21. The number of hydrazone groups is 1. The molecule has 1 aromatic heterocycles. The number of H-pyrrole nitrogens is 1. The number of benzene rings is 5. The van der Waals surface area contributed by atoms with Gasteiger partial charge in [-0.25, -0.2) is 10.2 Å². The Kier molecular flexibility index (Phi) is 7.41. The summed E-state index contributed by atoms with van der Waals surface area (Å²) >= 11 is 6.59. The molecule has 1 amide bonds. The van der Waals surface area contributed by atoms with Gasteiger partial charge in [-0.3, -0.25) is 4.79 Å². The molecular formula is C34H24ClN3O4. The van der Waals surface area contributed by atoms with E-state index < -0.39 is 11.9 Å². The zero-order valence-electron chi connectivity index (χ0n) is 22.4. The van der Waals surface area contributed by atoms with E-state index in [1.807, 2.05) is 54.6 Å². The predicted octanol–water partition coefficient (Wildman–Crippen LogP) is 7.63. The van der Waals surface area contributed by atoms with E-state index in [0.29, 0.717) is 38.9 Å². The molecular weight excluding hydrogens is 550 g/mol. The topological polar surface area (TPSA) is 92.8 Å². The van der Waals surface area contributed by atoms with Crippen molar-refractivity contribution in [2.45, 2.75) is 0 Å². The summed E-state index contributed by atoms with van der Waals surface area (Å²) in [6.45, 7) is 0. The number of nitrogens with one attached hydrogen (secondary N) is 2. The van der Waals surface area contributed by atoms with Crippen LogP contribution < -0.4 is 14.9 Å². The lowest BCUT2D eigenvalue weighted by Crippen LogP contribution is -2.19. The minimum absolute atomic E-state index is 0.296. The van der Waals surface area contributed by atoms with Crippen LogP contribution in [0.5, 0.6) is 11.5 Å². The van der Waals surface area contributed by atoms with Crippen LogP contribution in [-0.2, 0) is 0 Å². The van der Waals surface area contributed by atoms with Crippen molar-refractivity contribution in [2.75, 3.05) is 7.11 Å². The molecule has 7 nitrogen and oxygen atoms in total. The van der Waals surface area contributed by atoms with Crippen LogP contribution in [0.2, 0.25) is 5.02 Å². The molecule has 6 rings (SSSR count). The molecule has 0 aliphatic rings. The number of esters is 1. The highest BCUT2D eigenvalue weighted by Gasteiger charge is 2.22. The molecule has 0 unspecified atom stereocenters. The number of carbonyl (C=O) groups excluding carboxylic acids is 2. The molecule has 0 aliphatic carbocycles. The van der Waals surface area contributed by atoms with Crippen LogP contribution >= 0.6 is 11.6 Å². The largest absolute Gasteiger partial charge is 0.497 e. The molecule has 0 atom stereocenters. The smallest absolute Gasteiger partial charge is 0.343 e. The second kappa shape index (κ2) is 11.6. The van der Waals surface area contributed by atoms with Crippen molar-refractivity contribution in [1.29, 1.82) is 0 Å².